The van der Waals surface area contributed by atoms with Crippen molar-refractivity contribution in [2.24, 2.45) is 5.92 Å². The average Bonchev–Trinajstić information content (AvgIpc) is 2.89. The maximum Gasteiger partial charge on any atom is 0.313 e. The number of hydrogen-bond donors (Lipinski definition) is 1. The molecule has 1 aliphatic heterocycles. The smallest absolute Gasteiger partial charge is 0.313 e. The second-order valence-electron chi connectivity index (χ2n) is 5.85. The number of nitrogens with zero attached hydrogens (tertiary/aromatic N) is 2. The van der Waals surface area contributed by atoms with Crippen LogP contribution in [0.1, 0.15) is 32.8 Å². The molecule has 116 valence electrons. The van der Waals surface area contributed by atoms with Gasteiger partial charge in [0.1, 0.15) is 0 Å². The van der Waals surface area contributed by atoms with E-state index in [1.54, 1.807) is 6.20 Å². The highest BCUT2D eigenvalue weighted by Crippen LogP contribution is 2.32. The Morgan fingerprint density at radius 3 is 3.00 bits per heavy atom. The molecule has 1 aromatic heterocycles. The third kappa shape index (κ3) is 3.73. The maximum atomic E-state index is 11.9. The van der Waals surface area contributed by atoms with Crippen LogP contribution in [-0.2, 0) is 4.79 Å². The monoisotopic (exact) mass is 291 g/mol. The first-order valence-electron chi connectivity index (χ1n) is 7.68. The molecule has 1 saturated heterocycles. The topological polar surface area (TPSA) is 54.5 Å². The van der Waals surface area contributed by atoms with Crippen molar-refractivity contribution >= 4 is 11.8 Å². The lowest BCUT2D eigenvalue weighted by molar-refractivity contribution is -0.137. The van der Waals surface area contributed by atoms with Gasteiger partial charge in [-0.15, -0.1) is 0 Å². The summed E-state index contributed by atoms with van der Waals surface area (Å²) in [5.41, 5.74) is 0.945. The molecule has 0 spiro atoms. The molecular weight excluding hydrogens is 266 g/mol. The van der Waals surface area contributed by atoms with Gasteiger partial charge in [0.15, 0.2) is 11.6 Å². The summed E-state index contributed by atoms with van der Waals surface area (Å²) in [6.45, 7) is 10.5. The van der Waals surface area contributed by atoms with Gasteiger partial charge in [0.25, 0.3) is 0 Å². The molecule has 0 radical (unpaired) electrons. The minimum absolute atomic E-state index is 0.148. The first-order chi connectivity index (χ1) is 10.0. The molecule has 2 heterocycles. The molecule has 0 amide bonds. The van der Waals surface area contributed by atoms with Crippen molar-refractivity contribution in [3.05, 3.63) is 17.8 Å². The second kappa shape index (κ2) is 6.89. The standard InChI is InChI=1S/C16H25N3O2/c1-5-17-13-7-9-19(10-13)15-14(12(4)6-8-18-15)21-16(20)11(2)3/h6,8,11,13,17H,5,7,9-10H2,1-4H3/t13-/m1/s1. The number of carbonyl (C=O) groups excluding carboxylic acids is 1. The quantitative estimate of drug-likeness (QED) is 0.842. The van der Waals surface area contributed by atoms with Gasteiger partial charge in [0, 0.05) is 25.3 Å². The highest BCUT2D eigenvalue weighted by Gasteiger charge is 2.26. The van der Waals surface area contributed by atoms with Gasteiger partial charge in [-0.25, -0.2) is 4.98 Å². The van der Waals surface area contributed by atoms with E-state index in [9.17, 15) is 4.79 Å². The molecule has 5 heteroatoms. The minimum Gasteiger partial charge on any atom is -0.422 e. The Bertz CT molecular complexity index is 502. The summed E-state index contributed by atoms with van der Waals surface area (Å²) in [5.74, 6) is 1.03. The SMILES string of the molecule is CCN[C@@H]1CCN(c2nccc(C)c2OC(=O)C(C)C)C1. The highest BCUT2D eigenvalue weighted by atomic mass is 16.5. The average molecular weight is 291 g/mol. The Labute approximate surface area is 126 Å². The zero-order chi connectivity index (χ0) is 15.4. The molecule has 1 aromatic rings. The van der Waals surface area contributed by atoms with Crippen LogP contribution in [0.3, 0.4) is 0 Å². The lowest BCUT2D eigenvalue weighted by Crippen LogP contribution is -2.32. The molecule has 1 N–H and O–H groups in total. The Morgan fingerprint density at radius 1 is 1.57 bits per heavy atom. The maximum absolute atomic E-state index is 11.9. The minimum atomic E-state index is -0.213. The van der Waals surface area contributed by atoms with Crippen molar-refractivity contribution in [2.45, 2.75) is 40.2 Å². The molecule has 0 saturated carbocycles. The number of esters is 1. The Morgan fingerprint density at radius 2 is 2.33 bits per heavy atom. The Kier molecular flexibility index (Phi) is 5.17. The van der Waals surface area contributed by atoms with E-state index in [1.165, 1.54) is 0 Å². The zero-order valence-corrected chi connectivity index (χ0v) is 13.3. The van der Waals surface area contributed by atoms with E-state index in [0.717, 1.165) is 37.4 Å². The summed E-state index contributed by atoms with van der Waals surface area (Å²) in [6.07, 6.45) is 2.86. The van der Waals surface area contributed by atoms with Crippen LogP contribution >= 0.6 is 0 Å². The van der Waals surface area contributed by atoms with Gasteiger partial charge in [0.2, 0.25) is 0 Å². The van der Waals surface area contributed by atoms with E-state index in [-0.39, 0.29) is 11.9 Å². The van der Waals surface area contributed by atoms with E-state index < -0.39 is 0 Å². The normalized spacial score (nSPS) is 18.3. The number of aryl methyl sites for hydroxylation is 1. The third-order valence-electron chi connectivity index (χ3n) is 3.74. The molecule has 0 aromatic carbocycles. The fourth-order valence-electron chi connectivity index (χ4n) is 2.51. The van der Waals surface area contributed by atoms with Crippen LogP contribution in [0.2, 0.25) is 0 Å². The van der Waals surface area contributed by atoms with Gasteiger partial charge in [-0.2, -0.15) is 0 Å². The van der Waals surface area contributed by atoms with Gasteiger partial charge in [-0.1, -0.05) is 20.8 Å². The molecular formula is C16H25N3O2. The number of nitrogens with one attached hydrogen (secondary N) is 1. The summed E-state index contributed by atoms with van der Waals surface area (Å²) >= 11 is 0. The predicted molar refractivity (Wildman–Crippen MR) is 83.7 cm³/mol. The van der Waals surface area contributed by atoms with Crippen molar-refractivity contribution in [3.63, 3.8) is 0 Å². The largest absolute Gasteiger partial charge is 0.422 e. The number of likely N-dealkylation sites (N-methyl/N-ethyl adjacent to an activating group) is 1. The first kappa shape index (κ1) is 15.8. The fourth-order valence-corrected chi connectivity index (χ4v) is 2.51. The van der Waals surface area contributed by atoms with Crippen LogP contribution in [0, 0.1) is 12.8 Å². The summed E-state index contributed by atoms with van der Waals surface area (Å²) < 4.78 is 5.58. The lowest BCUT2D eigenvalue weighted by atomic mass is 10.2. The van der Waals surface area contributed by atoms with Crippen molar-refractivity contribution in [3.8, 4) is 5.75 Å². The molecule has 0 aliphatic carbocycles. The van der Waals surface area contributed by atoms with Crippen LogP contribution in [0.4, 0.5) is 5.82 Å². The number of anilines is 1. The van der Waals surface area contributed by atoms with E-state index in [4.69, 9.17) is 4.74 Å². The van der Waals surface area contributed by atoms with Crippen LogP contribution in [0.5, 0.6) is 5.75 Å². The second-order valence-corrected chi connectivity index (χ2v) is 5.85. The third-order valence-corrected chi connectivity index (χ3v) is 3.74. The molecule has 5 nitrogen and oxygen atoms in total. The summed E-state index contributed by atoms with van der Waals surface area (Å²) in [4.78, 5) is 18.6. The summed E-state index contributed by atoms with van der Waals surface area (Å²) in [7, 11) is 0. The molecule has 0 unspecified atom stereocenters. The Balaban J connectivity index is 2.20. The van der Waals surface area contributed by atoms with Crippen LogP contribution < -0.4 is 15.0 Å². The molecule has 1 aliphatic rings. The van der Waals surface area contributed by atoms with Crippen molar-refractivity contribution in [1.82, 2.24) is 10.3 Å². The van der Waals surface area contributed by atoms with E-state index in [2.05, 4.69) is 22.1 Å². The van der Waals surface area contributed by atoms with Crippen molar-refractivity contribution in [1.29, 1.82) is 0 Å². The summed E-state index contributed by atoms with van der Waals surface area (Å²) in [5, 5.41) is 3.46. The number of aromatic nitrogens is 1. The van der Waals surface area contributed by atoms with E-state index in [0.29, 0.717) is 11.8 Å². The number of hydrogen-bond acceptors (Lipinski definition) is 5. The Hall–Kier alpha value is -1.62. The predicted octanol–water partition coefficient (Wildman–Crippen LogP) is 2.14. The van der Waals surface area contributed by atoms with Gasteiger partial charge < -0.3 is 15.0 Å². The first-order valence-corrected chi connectivity index (χ1v) is 7.68. The van der Waals surface area contributed by atoms with E-state index >= 15 is 0 Å². The van der Waals surface area contributed by atoms with E-state index in [1.807, 2.05) is 26.8 Å². The molecule has 21 heavy (non-hydrogen) atoms. The van der Waals surface area contributed by atoms with Gasteiger partial charge in [-0.3, -0.25) is 4.79 Å². The van der Waals surface area contributed by atoms with Crippen LogP contribution in [0.25, 0.3) is 0 Å². The van der Waals surface area contributed by atoms with Gasteiger partial charge in [-0.05, 0) is 31.5 Å². The van der Waals surface area contributed by atoms with Crippen molar-refractivity contribution in [2.75, 3.05) is 24.5 Å². The van der Waals surface area contributed by atoms with Crippen molar-refractivity contribution < 1.29 is 9.53 Å². The van der Waals surface area contributed by atoms with Crippen LogP contribution in [0.15, 0.2) is 12.3 Å². The lowest BCUT2D eigenvalue weighted by Gasteiger charge is -2.22. The number of carbonyl (C=O) groups is 1. The van der Waals surface area contributed by atoms with Crippen LogP contribution in [-0.4, -0.2) is 36.6 Å². The molecule has 1 fully saturated rings. The molecule has 0 bridgehead atoms. The zero-order valence-electron chi connectivity index (χ0n) is 13.3. The van der Waals surface area contributed by atoms with Gasteiger partial charge in [0.05, 0.1) is 5.92 Å². The highest BCUT2D eigenvalue weighted by molar-refractivity contribution is 5.76. The number of pyridine rings is 1. The molecule has 2 rings (SSSR count). The summed E-state index contributed by atoms with van der Waals surface area (Å²) in [6, 6.07) is 2.36. The fraction of sp³-hybridized carbons (Fsp3) is 0.625. The number of rotatable bonds is 5. The molecule has 1 atom stereocenters. The van der Waals surface area contributed by atoms with Gasteiger partial charge >= 0.3 is 5.97 Å². The number of ether oxygens (including phenoxy) is 1.